The van der Waals surface area contributed by atoms with Crippen LogP contribution in [0.2, 0.25) is 0 Å². The lowest BCUT2D eigenvalue weighted by molar-refractivity contribution is -0.137. The number of amides is 1. The number of nitrogens with zero attached hydrogens (tertiary/aromatic N) is 2. The molecule has 1 aliphatic heterocycles. The second kappa shape index (κ2) is 5.64. The molecule has 1 aromatic heterocycles. The number of nitrogens with one attached hydrogen (secondary N) is 1. The van der Waals surface area contributed by atoms with E-state index in [1.165, 1.54) is 11.8 Å². The predicted octanol–water partition coefficient (Wildman–Crippen LogP) is 2.19. The van der Waals surface area contributed by atoms with E-state index in [1.807, 2.05) is 4.90 Å². The lowest BCUT2D eigenvalue weighted by Gasteiger charge is -2.35. The van der Waals surface area contributed by atoms with Gasteiger partial charge in [-0.2, -0.15) is 0 Å². The zero-order valence-corrected chi connectivity index (χ0v) is 13.4. The van der Waals surface area contributed by atoms with Crippen molar-refractivity contribution in [2.24, 2.45) is 5.92 Å². The lowest BCUT2D eigenvalue weighted by atomic mass is 9.85. The number of benzene rings is 1. The summed E-state index contributed by atoms with van der Waals surface area (Å²) in [4.78, 5) is 20.5. The molecule has 1 amide bonds. The highest BCUT2D eigenvalue weighted by Gasteiger charge is 2.31. The van der Waals surface area contributed by atoms with Crippen LogP contribution < -0.4 is 0 Å². The van der Waals surface area contributed by atoms with Gasteiger partial charge in [-0.3, -0.25) is 4.79 Å². The van der Waals surface area contributed by atoms with Crippen molar-refractivity contribution in [3.05, 3.63) is 35.3 Å². The Morgan fingerprint density at radius 1 is 1.26 bits per heavy atom. The smallest absolute Gasteiger partial charge is 0.226 e. The Morgan fingerprint density at radius 2 is 2.04 bits per heavy atom. The molecule has 0 bridgehead atoms. The maximum absolute atomic E-state index is 13.6. The average Bonchev–Trinajstić information content (AvgIpc) is 2.92. The van der Waals surface area contributed by atoms with E-state index in [2.05, 4.69) is 16.9 Å². The van der Waals surface area contributed by atoms with Crippen LogP contribution in [0.15, 0.2) is 18.2 Å². The lowest BCUT2D eigenvalue weighted by Crippen LogP contribution is -2.49. The Balaban J connectivity index is 1.57. The maximum atomic E-state index is 13.6. The molecular weight excluding hydrogens is 293 g/mol. The number of H-pyrrole nitrogens is 1. The fourth-order valence-corrected chi connectivity index (χ4v) is 3.89. The van der Waals surface area contributed by atoms with Gasteiger partial charge in [-0.15, -0.1) is 0 Å². The molecular formula is C18H22FN3O. The van der Waals surface area contributed by atoms with Crippen LogP contribution in [0.1, 0.15) is 17.7 Å². The number of halogens is 1. The highest BCUT2D eigenvalue weighted by molar-refractivity contribution is 5.87. The van der Waals surface area contributed by atoms with Crippen LogP contribution in [0.25, 0.3) is 10.9 Å². The number of piperazine rings is 1. The van der Waals surface area contributed by atoms with Crippen LogP contribution in [0.3, 0.4) is 0 Å². The van der Waals surface area contributed by atoms with Crippen molar-refractivity contribution in [3.8, 4) is 0 Å². The fourth-order valence-electron chi connectivity index (χ4n) is 3.89. The normalized spacial score (nSPS) is 22.3. The summed E-state index contributed by atoms with van der Waals surface area (Å²) < 4.78 is 13.6. The summed E-state index contributed by atoms with van der Waals surface area (Å²) in [6.07, 6.45) is 2.48. The molecule has 5 heteroatoms. The Hall–Kier alpha value is -1.88. The third-order valence-corrected chi connectivity index (χ3v) is 5.31. The molecule has 1 atom stereocenters. The van der Waals surface area contributed by atoms with Crippen molar-refractivity contribution in [2.75, 3.05) is 33.2 Å². The SMILES string of the molecule is CN1CCN(C(=O)C2CCc3[nH]c4ccc(F)cc4c3C2)CC1. The van der Waals surface area contributed by atoms with E-state index in [4.69, 9.17) is 0 Å². The third kappa shape index (κ3) is 2.63. The first-order chi connectivity index (χ1) is 11.1. The molecule has 0 spiro atoms. The quantitative estimate of drug-likeness (QED) is 0.876. The monoisotopic (exact) mass is 315 g/mol. The number of likely N-dealkylation sites (N-methyl/N-ethyl adjacent to an activating group) is 1. The summed E-state index contributed by atoms with van der Waals surface area (Å²) in [6.45, 7) is 3.53. The molecule has 4 nitrogen and oxygen atoms in total. The fraction of sp³-hybridized carbons (Fsp3) is 0.500. The van der Waals surface area contributed by atoms with Gasteiger partial charge in [0, 0.05) is 48.7 Å². The van der Waals surface area contributed by atoms with E-state index in [9.17, 15) is 9.18 Å². The van der Waals surface area contributed by atoms with E-state index in [0.29, 0.717) is 0 Å². The Kier molecular flexibility index (Phi) is 3.60. The summed E-state index contributed by atoms with van der Waals surface area (Å²) in [7, 11) is 2.09. The highest BCUT2D eigenvalue weighted by atomic mass is 19.1. The van der Waals surface area contributed by atoms with Gasteiger partial charge in [-0.05, 0) is 50.1 Å². The van der Waals surface area contributed by atoms with Gasteiger partial charge in [0.15, 0.2) is 0 Å². The first-order valence-electron chi connectivity index (χ1n) is 8.38. The maximum Gasteiger partial charge on any atom is 0.226 e. The zero-order chi connectivity index (χ0) is 16.0. The van der Waals surface area contributed by atoms with E-state index in [-0.39, 0.29) is 17.6 Å². The summed E-state index contributed by atoms with van der Waals surface area (Å²) >= 11 is 0. The molecule has 122 valence electrons. The van der Waals surface area contributed by atoms with E-state index in [0.717, 1.165) is 61.9 Å². The molecule has 2 aromatic rings. The molecule has 1 aromatic carbocycles. The predicted molar refractivity (Wildman–Crippen MR) is 87.8 cm³/mol. The molecule has 1 saturated heterocycles. The molecule has 2 heterocycles. The molecule has 1 unspecified atom stereocenters. The second-order valence-electron chi connectivity index (χ2n) is 6.84. The van der Waals surface area contributed by atoms with Gasteiger partial charge in [0.05, 0.1) is 0 Å². The van der Waals surface area contributed by atoms with Gasteiger partial charge in [0.2, 0.25) is 5.91 Å². The van der Waals surface area contributed by atoms with Crippen molar-refractivity contribution in [2.45, 2.75) is 19.3 Å². The van der Waals surface area contributed by atoms with Gasteiger partial charge in [-0.1, -0.05) is 0 Å². The van der Waals surface area contributed by atoms with E-state index < -0.39 is 0 Å². The van der Waals surface area contributed by atoms with Crippen molar-refractivity contribution in [1.29, 1.82) is 0 Å². The number of carbonyl (C=O) groups is 1. The van der Waals surface area contributed by atoms with Crippen molar-refractivity contribution in [3.63, 3.8) is 0 Å². The molecule has 1 N–H and O–H groups in total. The van der Waals surface area contributed by atoms with Crippen LogP contribution in [0.4, 0.5) is 4.39 Å². The van der Waals surface area contributed by atoms with Gasteiger partial charge in [0.1, 0.15) is 5.82 Å². The third-order valence-electron chi connectivity index (χ3n) is 5.31. The number of hydrogen-bond donors (Lipinski definition) is 1. The van der Waals surface area contributed by atoms with Gasteiger partial charge < -0.3 is 14.8 Å². The Morgan fingerprint density at radius 3 is 2.83 bits per heavy atom. The minimum atomic E-state index is -0.216. The number of fused-ring (bicyclic) bond motifs is 3. The van der Waals surface area contributed by atoms with Crippen LogP contribution in [0, 0.1) is 11.7 Å². The van der Waals surface area contributed by atoms with Crippen molar-refractivity contribution >= 4 is 16.8 Å². The standard InChI is InChI=1S/C18H22FN3O/c1-21-6-8-22(9-7-21)18(23)12-2-4-16-14(10-12)15-11-13(19)3-5-17(15)20-16/h3,5,11-12,20H,2,4,6-10H2,1H3. The Labute approximate surface area is 135 Å². The van der Waals surface area contributed by atoms with Crippen LogP contribution in [-0.2, 0) is 17.6 Å². The summed E-state index contributed by atoms with van der Waals surface area (Å²) in [5.41, 5.74) is 3.29. The number of rotatable bonds is 1. The summed E-state index contributed by atoms with van der Waals surface area (Å²) in [5.74, 6) is 0.0921. The molecule has 1 fully saturated rings. The molecule has 1 aliphatic carbocycles. The van der Waals surface area contributed by atoms with Crippen LogP contribution in [0.5, 0.6) is 0 Å². The highest BCUT2D eigenvalue weighted by Crippen LogP contribution is 2.33. The minimum Gasteiger partial charge on any atom is -0.358 e. The molecule has 23 heavy (non-hydrogen) atoms. The van der Waals surface area contributed by atoms with E-state index in [1.54, 1.807) is 12.1 Å². The minimum absolute atomic E-state index is 0.0353. The Bertz CT molecular complexity index is 746. The van der Waals surface area contributed by atoms with Gasteiger partial charge in [0.25, 0.3) is 0 Å². The van der Waals surface area contributed by atoms with Gasteiger partial charge >= 0.3 is 0 Å². The van der Waals surface area contributed by atoms with Gasteiger partial charge in [-0.25, -0.2) is 4.39 Å². The first kappa shape index (κ1) is 14.7. The molecule has 0 radical (unpaired) electrons. The number of aromatic nitrogens is 1. The number of aromatic amines is 1. The van der Waals surface area contributed by atoms with Crippen LogP contribution in [-0.4, -0.2) is 53.9 Å². The van der Waals surface area contributed by atoms with E-state index >= 15 is 0 Å². The second-order valence-corrected chi connectivity index (χ2v) is 6.84. The van der Waals surface area contributed by atoms with Crippen molar-refractivity contribution < 1.29 is 9.18 Å². The van der Waals surface area contributed by atoms with Crippen LogP contribution >= 0.6 is 0 Å². The molecule has 2 aliphatic rings. The zero-order valence-electron chi connectivity index (χ0n) is 13.4. The average molecular weight is 315 g/mol. The molecule has 0 saturated carbocycles. The largest absolute Gasteiger partial charge is 0.358 e. The topological polar surface area (TPSA) is 39.3 Å². The summed E-state index contributed by atoms with van der Waals surface area (Å²) in [6, 6.07) is 4.87. The number of aryl methyl sites for hydroxylation is 1. The first-order valence-corrected chi connectivity index (χ1v) is 8.38. The number of hydrogen-bond acceptors (Lipinski definition) is 2. The van der Waals surface area contributed by atoms with Crippen molar-refractivity contribution in [1.82, 2.24) is 14.8 Å². The number of carbonyl (C=O) groups excluding carboxylic acids is 1. The summed E-state index contributed by atoms with van der Waals surface area (Å²) in [5, 5.41) is 0.941. The molecule has 4 rings (SSSR count).